The van der Waals surface area contributed by atoms with Crippen LogP contribution < -0.4 is 15.5 Å². The fraction of sp³-hybridized carbons (Fsp3) is 0.409. The summed E-state index contributed by atoms with van der Waals surface area (Å²) in [6.45, 7) is 3.78. The molecule has 1 aliphatic rings. The molecule has 1 atom stereocenters. The van der Waals surface area contributed by atoms with Crippen molar-refractivity contribution in [2.24, 2.45) is 10.9 Å². The van der Waals surface area contributed by atoms with Crippen molar-refractivity contribution in [2.75, 3.05) is 44.4 Å². The van der Waals surface area contributed by atoms with Crippen molar-refractivity contribution in [3.8, 4) is 0 Å². The van der Waals surface area contributed by atoms with Gasteiger partial charge in [-0.05, 0) is 48.6 Å². The van der Waals surface area contributed by atoms with Crippen molar-refractivity contribution in [3.63, 3.8) is 0 Å². The highest BCUT2D eigenvalue weighted by Crippen LogP contribution is 2.22. The second-order valence-corrected chi connectivity index (χ2v) is 9.50. The van der Waals surface area contributed by atoms with Gasteiger partial charge in [-0.1, -0.05) is 30.3 Å². The molecule has 7 heteroatoms. The lowest BCUT2D eigenvalue weighted by molar-refractivity contribution is 0.566. The van der Waals surface area contributed by atoms with E-state index in [1.165, 1.54) is 18.4 Å². The number of sulfone groups is 1. The number of nitrogens with zero attached hydrogens (tertiary/aromatic N) is 2. The molecule has 0 aromatic heterocycles. The topological polar surface area (TPSA) is 73.8 Å². The molecule has 2 N–H and O–H groups in total. The molecule has 2 aromatic rings. The normalized spacial score (nSPS) is 17.4. The van der Waals surface area contributed by atoms with E-state index in [0.29, 0.717) is 10.8 Å². The Kier molecular flexibility index (Phi) is 7.14. The number of guanidine groups is 1. The van der Waals surface area contributed by atoms with Crippen LogP contribution in [0.15, 0.2) is 64.5 Å². The lowest BCUT2D eigenvalue weighted by Gasteiger charge is -2.19. The molecule has 0 saturated carbocycles. The fourth-order valence-electron chi connectivity index (χ4n) is 3.56. The SMILES string of the molecule is CN=C(NCCc1ccc(S(C)(=O)=O)cc1)NCC1CCN(c2ccccc2)C1. The third-order valence-electron chi connectivity index (χ3n) is 5.25. The van der Waals surface area contributed by atoms with Gasteiger partial charge in [0.25, 0.3) is 0 Å². The average Bonchev–Trinajstić information content (AvgIpc) is 3.20. The van der Waals surface area contributed by atoms with Crippen molar-refractivity contribution in [3.05, 3.63) is 60.2 Å². The summed E-state index contributed by atoms with van der Waals surface area (Å²) in [4.78, 5) is 7.09. The Labute approximate surface area is 174 Å². The lowest BCUT2D eigenvalue weighted by atomic mass is 10.1. The predicted molar refractivity (Wildman–Crippen MR) is 119 cm³/mol. The highest BCUT2D eigenvalue weighted by atomic mass is 32.2. The first-order valence-corrected chi connectivity index (χ1v) is 11.9. The van der Waals surface area contributed by atoms with Crippen LogP contribution in [-0.2, 0) is 16.3 Å². The van der Waals surface area contributed by atoms with E-state index < -0.39 is 9.84 Å². The van der Waals surface area contributed by atoms with Crippen molar-refractivity contribution < 1.29 is 8.42 Å². The largest absolute Gasteiger partial charge is 0.371 e. The number of rotatable bonds is 7. The number of nitrogens with one attached hydrogen (secondary N) is 2. The third-order valence-corrected chi connectivity index (χ3v) is 6.38. The van der Waals surface area contributed by atoms with Gasteiger partial charge < -0.3 is 15.5 Å². The Hall–Kier alpha value is -2.54. The summed E-state index contributed by atoms with van der Waals surface area (Å²) in [5.41, 5.74) is 2.38. The molecule has 0 bridgehead atoms. The fourth-order valence-corrected chi connectivity index (χ4v) is 4.19. The molecule has 1 aliphatic heterocycles. The summed E-state index contributed by atoms with van der Waals surface area (Å²) in [6, 6.07) is 17.6. The van der Waals surface area contributed by atoms with Gasteiger partial charge in [0.1, 0.15) is 0 Å². The van der Waals surface area contributed by atoms with Crippen molar-refractivity contribution in [2.45, 2.75) is 17.7 Å². The van der Waals surface area contributed by atoms with E-state index in [1.807, 2.05) is 18.2 Å². The van der Waals surface area contributed by atoms with Crippen molar-refractivity contribution >= 4 is 21.5 Å². The minimum Gasteiger partial charge on any atom is -0.371 e. The quantitative estimate of drug-likeness (QED) is 0.537. The zero-order valence-electron chi connectivity index (χ0n) is 17.1. The Morgan fingerprint density at radius 3 is 2.48 bits per heavy atom. The van der Waals surface area contributed by atoms with Gasteiger partial charge in [-0.15, -0.1) is 0 Å². The predicted octanol–water partition coefficient (Wildman–Crippen LogP) is 2.32. The van der Waals surface area contributed by atoms with Gasteiger partial charge in [-0.2, -0.15) is 0 Å². The molecule has 6 nitrogen and oxygen atoms in total. The van der Waals surface area contributed by atoms with Crippen LogP contribution in [0.5, 0.6) is 0 Å². The maximum absolute atomic E-state index is 11.5. The van der Waals surface area contributed by atoms with Crippen LogP contribution in [0, 0.1) is 5.92 Å². The number of hydrogen-bond acceptors (Lipinski definition) is 4. The van der Waals surface area contributed by atoms with E-state index in [4.69, 9.17) is 0 Å². The van der Waals surface area contributed by atoms with Gasteiger partial charge in [0.05, 0.1) is 4.90 Å². The molecular weight excluding hydrogens is 384 g/mol. The molecule has 0 amide bonds. The van der Waals surface area contributed by atoms with Crippen LogP contribution in [0.1, 0.15) is 12.0 Å². The summed E-state index contributed by atoms with van der Waals surface area (Å²) in [5, 5.41) is 6.77. The Morgan fingerprint density at radius 2 is 1.83 bits per heavy atom. The van der Waals surface area contributed by atoms with Gasteiger partial charge in [0.2, 0.25) is 0 Å². The monoisotopic (exact) mass is 414 g/mol. The highest BCUT2D eigenvalue weighted by Gasteiger charge is 2.22. The maximum atomic E-state index is 11.5. The van der Waals surface area contributed by atoms with Gasteiger partial charge in [-0.25, -0.2) is 8.42 Å². The summed E-state index contributed by atoms with van der Waals surface area (Å²) in [6.07, 6.45) is 3.20. The molecule has 1 fully saturated rings. The van der Waals surface area contributed by atoms with Gasteiger partial charge in [-0.3, -0.25) is 4.99 Å². The molecule has 1 unspecified atom stereocenters. The number of para-hydroxylation sites is 1. The first-order valence-electron chi connectivity index (χ1n) is 9.99. The first kappa shape index (κ1) is 21.2. The van der Waals surface area contributed by atoms with Crippen molar-refractivity contribution in [1.82, 2.24) is 10.6 Å². The molecule has 1 heterocycles. The zero-order chi connectivity index (χ0) is 20.7. The maximum Gasteiger partial charge on any atom is 0.190 e. The van der Waals surface area contributed by atoms with Gasteiger partial charge in [0, 0.05) is 45.2 Å². The number of hydrogen-bond donors (Lipinski definition) is 2. The number of anilines is 1. The standard InChI is InChI=1S/C22H30N4O2S/c1-23-22(24-14-12-18-8-10-21(11-9-18)29(2,27)28)25-16-19-13-15-26(17-19)20-6-4-3-5-7-20/h3-11,19H,12-17H2,1-2H3,(H2,23,24,25). The Balaban J connectivity index is 1.40. The van der Waals surface area contributed by atoms with Crippen LogP contribution in [-0.4, -0.2) is 53.9 Å². The van der Waals surface area contributed by atoms with Gasteiger partial charge >= 0.3 is 0 Å². The first-order chi connectivity index (χ1) is 14.0. The van der Waals surface area contributed by atoms with Crippen LogP contribution in [0.3, 0.4) is 0 Å². The molecular formula is C22H30N4O2S. The van der Waals surface area contributed by atoms with E-state index in [1.54, 1.807) is 19.2 Å². The molecule has 1 saturated heterocycles. The summed E-state index contributed by atoms with van der Waals surface area (Å²) >= 11 is 0. The molecule has 0 aliphatic carbocycles. The summed E-state index contributed by atoms with van der Waals surface area (Å²) < 4.78 is 23.1. The molecule has 0 radical (unpaired) electrons. The lowest BCUT2D eigenvalue weighted by Crippen LogP contribution is -2.41. The minimum absolute atomic E-state index is 0.354. The second kappa shape index (κ2) is 9.78. The van der Waals surface area contributed by atoms with E-state index in [2.05, 4.69) is 44.8 Å². The smallest absolute Gasteiger partial charge is 0.190 e. The van der Waals surface area contributed by atoms with E-state index in [0.717, 1.165) is 44.1 Å². The molecule has 156 valence electrons. The Bertz CT molecular complexity index is 912. The minimum atomic E-state index is -3.14. The van der Waals surface area contributed by atoms with E-state index in [-0.39, 0.29) is 0 Å². The van der Waals surface area contributed by atoms with Crippen LogP contribution in [0.2, 0.25) is 0 Å². The van der Waals surface area contributed by atoms with Crippen LogP contribution >= 0.6 is 0 Å². The van der Waals surface area contributed by atoms with Gasteiger partial charge in [0.15, 0.2) is 15.8 Å². The molecule has 29 heavy (non-hydrogen) atoms. The molecule has 0 spiro atoms. The highest BCUT2D eigenvalue weighted by molar-refractivity contribution is 7.90. The molecule has 3 rings (SSSR count). The number of aliphatic imine (C=N–C) groups is 1. The van der Waals surface area contributed by atoms with Crippen LogP contribution in [0.4, 0.5) is 5.69 Å². The summed E-state index contributed by atoms with van der Waals surface area (Å²) in [5.74, 6) is 1.40. The zero-order valence-corrected chi connectivity index (χ0v) is 18.0. The van der Waals surface area contributed by atoms with E-state index in [9.17, 15) is 8.42 Å². The Morgan fingerprint density at radius 1 is 1.10 bits per heavy atom. The number of benzene rings is 2. The second-order valence-electron chi connectivity index (χ2n) is 7.48. The third kappa shape index (κ3) is 6.22. The van der Waals surface area contributed by atoms with E-state index >= 15 is 0 Å². The average molecular weight is 415 g/mol. The van der Waals surface area contributed by atoms with Crippen LogP contribution in [0.25, 0.3) is 0 Å². The summed E-state index contributed by atoms with van der Waals surface area (Å²) in [7, 11) is -1.36. The molecule has 2 aromatic carbocycles. The van der Waals surface area contributed by atoms with Crippen molar-refractivity contribution in [1.29, 1.82) is 0 Å².